The first-order valence-corrected chi connectivity index (χ1v) is 10.5. The lowest BCUT2D eigenvalue weighted by Crippen LogP contribution is -2.30. The van der Waals surface area contributed by atoms with Crippen LogP contribution in [0, 0.1) is 0 Å². The number of carbonyl (C=O) groups is 1. The largest absolute Gasteiger partial charge is 0.365 e. The number of likely N-dealkylation sites (N-methyl/N-ethyl adjacent to an activating group) is 1. The quantitative estimate of drug-likeness (QED) is 0.701. The average Bonchev–Trinajstić information content (AvgIpc) is 2.62. The Morgan fingerprint density at radius 1 is 1.04 bits per heavy atom. The van der Waals surface area contributed by atoms with Crippen molar-refractivity contribution < 1.29 is 13.2 Å². The van der Waals surface area contributed by atoms with Crippen LogP contribution in [0.15, 0.2) is 65.6 Å². The van der Waals surface area contributed by atoms with Gasteiger partial charge in [-0.2, -0.15) is 0 Å². The molecule has 0 bridgehead atoms. The van der Waals surface area contributed by atoms with E-state index in [0.29, 0.717) is 0 Å². The normalized spacial score (nSPS) is 11.4. The first kappa shape index (κ1) is 19.2. The number of anilines is 2. The number of amides is 1. The molecule has 0 heterocycles. The van der Waals surface area contributed by atoms with Gasteiger partial charge in [-0.1, -0.05) is 41.9 Å². The number of hydrogen-bond donors (Lipinski definition) is 1. The summed E-state index contributed by atoms with van der Waals surface area (Å²) in [5.74, 6) is -0.293. The first-order valence-electron chi connectivity index (χ1n) is 8.23. The highest BCUT2D eigenvalue weighted by Gasteiger charge is 2.14. The number of nitrogens with one attached hydrogen (secondary N) is 1. The summed E-state index contributed by atoms with van der Waals surface area (Å²) in [4.78, 5) is 14.3. The molecule has 5 nitrogen and oxygen atoms in total. The Balaban J connectivity index is 1.75. The average molecular weight is 403 g/mol. The standard InChI is InChI=1S/C20H19ClN2O3S/c1-23(16-8-7-14-5-3-4-6-15(14)11-16)13-20(24)22-19-12-17(27(2,25)26)9-10-18(19)21/h3-12H,13H2,1-2H3,(H,22,24). The number of rotatable bonds is 5. The van der Waals surface area contributed by atoms with Gasteiger partial charge in [0.05, 0.1) is 22.2 Å². The summed E-state index contributed by atoms with van der Waals surface area (Å²) in [6.45, 7) is 0.0950. The highest BCUT2D eigenvalue weighted by atomic mass is 35.5. The number of sulfone groups is 1. The van der Waals surface area contributed by atoms with Crippen LogP contribution >= 0.6 is 11.6 Å². The van der Waals surface area contributed by atoms with Gasteiger partial charge < -0.3 is 10.2 Å². The fraction of sp³-hybridized carbons (Fsp3) is 0.150. The monoisotopic (exact) mass is 402 g/mol. The molecule has 3 aromatic rings. The van der Waals surface area contributed by atoms with E-state index < -0.39 is 9.84 Å². The van der Waals surface area contributed by atoms with E-state index in [1.165, 1.54) is 18.2 Å². The van der Waals surface area contributed by atoms with Crippen molar-refractivity contribution in [2.75, 3.05) is 30.1 Å². The summed E-state index contributed by atoms with van der Waals surface area (Å²) in [6, 6.07) is 18.2. The molecule has 1 N–H and O–H groups in total. The van der Waals surface area contributed by atoms with E-state index in [9.17, 15) is 13.2 Å². The van der Waals surface area contributed by atoms with Crippen LogP contribution < -0.4 is 10.2 Å². The molecule has 0 atom stereocenters. The number of carbonyl (C=O) groups excluding carboxylic acids is 1. The molecular weight excluding hydrogens is 384 g/mol. The van der Waals surface area contributed by atoms with Gasteiger partial charge in [-0.3, -0.25) is 4.79 Å². The van der Waals surface area contributed by atoms with Crippen molar-refractivity contribution in [1.29, 1.82) is 0 Å². The molecule has 0 saturated carbocycles. The van der Waals surface area contributed by atoms with Crippen LogP contribution in [0.3, 0.4) is 0 Å². The van der Waals surface area contributed by atoms with Crippen LogP contribution in [0.25, 0.3) is 10.8 Å². The predicted octanol–water partition coefficient (Wildman–Crippen LogP) is 3.97. The van der Waals surface area contributed by atoms with Crippen LogP contribution in [0.4, 0.5) is 11.4 Å². The molecule has 0 radical (unpaired) electrons. The molecule has 0 aromatic heterocycles. The van der Waals surface area contributed by atoms with Gasteiger partial charge in [0.15, 0.2) is 9.84 Å². The molecule has 0 unspecified atom stereocenters. The van der Waals surface area contributed by atoms with Crippen LogP contribution in [0.2, 0.25) is 5.02 Å². The van der Waals surface area contributed by atoms with Crippen molar-refractivity contribution in [2.24, 2.45) is 0 Å². The van der Waals surface area contributed by atoms with Gasteiger partial charge in [0, 0.05) is 19.0 Å². The highest BCUT2D eigenvalue weighted by Crippen LogP contribution is 2.26. The molecule has 0 fully saturated rings. The molecule has 0 saturated heterocycles. The van der Waals surface area contributed by atoms with Crippen molar-refractivity contribution >= 4 is 49.5 Å². The highest BCUT2D eigenvalue weighted by molar-refractivity contribution is 7.90. The second-order valence-electron chi connectivity index (χ2n) is 6.35. The first-order chi connectivity index (χ1) is 12.7. The van der Waals surface area contributed by atoms with Gasteiger partial charge in [-0.25, -0.2) is 8.42 Å². The Morgan fingerprint density at radius 2 is 1.74 bits per heavy atom. The van der Waals surface area contributed by atoms with Crippen molar-refractivity contribution in [1.82, 2.24) is 0 Å². The van der Waals surface area contributed by atoms with E-state index in [1.54, 1.807) is 0 Å². The number of halogens is 1. The topological polar surface area (TPSA) is 66.5 Å². The maximum atomic E-state index is 12.4. The Kier molecular flexibility index (Phi) is 5.39. The van der Waals surface area contributed by atoms with Crippen molar-refractivity contribution in [2.45, 2.75) is 4.90 Å². The lowest BCUT2D eigenvalue weighted by Gasteiger charge is -2.19. The summed E-state index contributed by atoms with van der Waals surface area (Å²) in [7, 11) is -1.57. The number of nitrogens with zero attached hydrogens (tertiary/aromatic N) is 1. The van der Waals surface area contributed by atoms with E-state index in [0.717, 1.165) is 22.7 Å². The molecule has 140 valence electrons. The molecule has 27 heavy (non-hydrogen) atoms. The fourth-order valence-corrected chi connectivity index (χ4v) is 3.55. The second kappa shape index (κ2) is 7.58. The lowest BCUT2D eigenvalue weighted by molar-refractivity contribution is -0.114. The molecular formula is C20H19ClN2O3S. The van der Waals surface area contributed by atoms with Gasteiger partial charge in [0.25, 0.3) is 0 Å². The van der Waals surface area contributed by atoms with Crippen molar-refractivity contribution in [3.63, 3.8) is 0 Å². The minimum Gasteiger partial charge on any atom is -0.365 e. The summed E-state index contributed by atoms with van der Waals surface area (Å²) < 4.78 is 23.4. The third-order valence-electron chi connectivity index (χ3n) is 4.19. The van der Waals surface area contributed by atoms with Gasteiger partial charge in [0.2, 0.25) is 5.91 Å². The van der Waals surface area contributed by atoms with E-state index in [1.807, 2.05) is 54.4 Å². The van der Waals surface area contributed by atoms with Crippen LogP contribution in [-0.2, 0) is 14.6 Å². The molecule has 0 spiro atoms. The third kappa shape index (κ3) is 4.59. The Hall–Kier alpha value is -2.57. The zero-order valence-corrected chi connectivity index (χ0v) is 16.5. The minimum absolute atomic E-state index is 0.0950. The summed E-state index contributed by atoms with van der Waals surface area (Å²) in [5.41, 5.74) is 1.18. The molecule has 0 aliphatic carbocycles. The smallest absolute Gasteiger partial charge is 0.243 e. The Morgan fingerprint density at radius 3 is 2.44 bits per heavy atom. The minimum atomic E-state index is -3.39. The summed E-state index contributed by atoms with van der Waals surface area (Å²) in [5, 5.41) is 5.18. The van der Waals surface area contributed by atoms with Crippen molar-refractivity contribution in [3.05, 3.63) is 65.7 Å². The van der Waals surface area contributed by atoms with E-state index in [4.69, 9.17) is 11.6 Å². The maximum Gasteiger partial charge on any atom is 0.243 e. The molecule has 7 heteroatoms. The SMILES string of the molecule is CN(CC(=O)Nc1cc(S(C)(=O)=O)ccc1Cl)c1ccc2ccccc2c1. The van der Waals surface area contributed by atoms with E-state index >= 15 is 0 Å². The van der Waals surface area contributed by atoms with E-state index in [-0.39, 0.29) is 28.1 Å². The summed E-state index contributed by atoms with van der Waals surface area (Å²) in [6.07, 6.45) is 1.11. The molecule has 0 aliphatic heterocycles. The predicted molar refractivity (Wildman–Crippen MR) is 110 cm³/mol. The van der Waals surface area contributed by atoms with Crippen LogP contribution in [-0.4, -0.2) is 34.2 Å². The van der Waals surface area contributed by atoms with Crippen LogP contribution in [0.1, 0.15) is 0 Å². The zero-order valence-electron chi connectivity index (χ0n) is 14.9. The number of hydrogen-bond acceptors (Lipinski definition) is 4. The van der Waals surface area contributed by atoms with Crippen molar-refractivity contribution in [3.8, 4) is 0 Å². The van der Waals surface area contributed by atoms with Gasteiger partial charge >= 0.3 is 0 Å². The third-order valence-corrected chi connectivity index (χ3v) is 5.63. The summed E-state index contributed by atoms with van der Waals surface area (Å²) >= 11 is 6.09. The fourth-order valence-electron chi connectivity index (χ4n) is 2.74. The lowest BCUT2D eigenvalue weighted by atomic mass is 10.1. The number of benzene rings is 3. The van der Waals surface area contributed by atoms with Gasteiger partial charge in [-0.05, 0) is 41.1 Å². The van der Waals surface area contributed by atoms with Gasteiger partial charge in [-0.15, -0.1) is 0 Å². The number of fused-ring (bicyclic) bond motifs is 1. The Bertz CT molecular complexity index is 1110. The molecule has 3 rings (SSSR count). The second-order valence-corrected chi connectivity index (χ2v) is 8.77. The van der Waals surface area contributed by atoms with E-state index in [2.05, 4.69) is 5.32 Å². The zero-order chi connectivity index (χ0) is 19.6. The molecule has 1 amide bonds. The maximum absolute atomic E-state index is 12.4. The van der Waals surface area contributed by atoms with Gasteiger partial charge in [0.1, 0.15) is 0 Å². The molecule has 3 aromatic carbocycles. The van der Waals surface area contributed by atoms with Crippen LogP contribution in [0.5, 0.6) is 0 Å². The Labute approximate surface area is 163 Å². The molecule has 0 aliphatic rings.